The molecule has 16 heavy (non-hydrogen) atoms. The fraction of sp³-hybridized carbons (Fsp3) is 0. The van der Waals surface area contributed by atoms with Gasteiger partial charge in [-0.05, 0) is 17.8 Å². The van der Waals surface area contributed by atoms with Crippen molar-refractivity contribution in [2.24, 2.45) is 0 Å². The van der Waals surface area contributed by atoms with Crippen molar-refractivity contribution in [3.63, 3.8) is 0 Å². The van der Waals surface area contributed by atoms with Crippen molar-refractivity contribution in [2.75, 3.05) is 0 Å². The summed E-state index contributed by atoms with van der Waals surface area (Å²) in [5, 5.41) is 1.07. The zero-order valence-electron chi connectivity index (χ0n) is 7.87. The van der Waals surface area contributed by atoms with Crippen LogP contribution in [0.25, 0.3) is 0 Å². The van der Waals surface area contributed by atoms with Gasteiger partial charge in [-0.15, -0.1) is 0 Å². The lowest BCUT2D eigenvalue weighted by Gasteiger charge is -2.02. The summed E-state index contributed by atoms with van der Waals surface area (Å²) in [6.07, 6.45) is 5.13. The van der Waals surface area contributed by atoms with E-state index in [2.05, 4.69) is 19.9 Å². The molecule has 0 spiro atoms. The molecule has 2 rings (SSSR count). The Bertz CT molecular complexity index is 508. The molecule has 0 aromatic carbocycles. The predicted molar refractivity (Wildman–Crippen MR) is 58.6 cm³/mol. The van der Waals surface area contributed by atoms with Crippen LogP contribution in [0.2, 0.25) is 5.15 Å². The van der Waals surface area contributed by atoms with Crippen molar-refractivity contribution in [1.82, 2.24) is 19.9 Å². The first-order chi connectivity index (χ1) is 7.81. The SMILES string of the molecule is O=Cc1c(Cl)ncnc1Sc1ncccn1. The number of aromatic nitrogens is 4. The van der Waals surface area contributed by atoms with E-state index in [-0.39, 0.29) is 10.7 Å². The summed E-state index contributed by atoms with van der Waals surface area (Å²) in [7, 11) is 0. The van der Waals surface area contributed by atoms with Crippen molar-refractivity contribution in [3.8, 4) is 0 Å². The van der Waals surface area contributed by atoms with Gasteiger partial charge in [0.15, 0.2) is 11.4 Å². The molecule has 0 N–H and O–H groups in total. The highest BCUT2D eigenvalue weighted by molar-refractivity contribution is 7.99. The van der Waals surface area contributed by atoms with Gasteiger partial charge in [0.2, 0.25) is 0 Å². The van der Waals surface area contributed by atoms with Crippen LogP contribution < -0.4 is 0 Å². The van der Waals surface area contributed by atoms with Gasteiger partial charge in [-0.3, -0.25) is 4.79 Å². The number of carbonyl (C=O) groups excluding carboxylic acids is 1. The van der Waals surface area contributed by atoms with Gasteiger partial charge in [0.1, 0.15) is 16.5 Å². The molecule has 0 amide bonds. The van der Waals surface area contributed by atoms with Crippen molar-refractivity contribution in [2.45, 2.75) is 10.2 Å². The molecule has 0 bridgehead atoms. The molecule has 0 saturated heterocycles. The molecule has 0 atom stereocenters. The second kappa shape index (κ2) is 5.00. The number of halogens is 1. The van der Waals surface area contributed by atoms with Gasteiger partial charge in [-0.2, -0.15) is 0 Å². The highest BCUT2D eigenvalue weighted by Crippen LogP contribution is 2.27. The number of carbonyl (C=O) groups is 1. The monoisotopic (exact) mass is 252 g/mol. The highest BCUT2D eigenvalue weighted by Gasteiger charge is 2.11. The number of nitrogens with zero attached hydrogens (tertiary/aromatic N) is 4. The molecule has 0 unspecified atom stereocenters. The van der Waals surface area contributed by atoms with E-state index < -0.39 is 0 Å². The Labute approximate surface area is 100 Å². The van der Waals surface area contributed by atoms with Crippen molar-refractivity contribution in [1.29, 1.82) is 0 Å². The van der Waals surface area contributed by atoms with Crippen LogP contribution in [0.1, 0.15) is 10.4 Å². The summed E-state index contributed by atoms with van der Waals surface area (Å²) < 4.78 is 0. The molecule has 5 nitrogen and oxygen atoms in total. The Balaban J connectivity index is 2.35. The molecule has 2 heterocycles. The molecular formula is C9H5ClN4OS. The first-order valence-electron chi connectivity index (χ1n) is 4.22. The van der Waals surface area contributed by atoms with Crippen molar-refractivity contribution < 1.29 is 4.79 Å². The van der Waals surface area contributed by atoms with E-state index in [9.17, 15) is 4.79 Å². The largest absolute Gasteiger partial charge is 0.298 e. The van der Waals surface area contributed by atoms with Crippen molar-refractivity contribution in [3.05, 3.63) is 35.5 Å². The molecule has 2 aromatic heterocycles. The number of hydrogen-bond acceptors (Lipinski definition) is 6. The fourth-order valence-electron chi connectivity index (χ4n) is 0.964. The summed E-state index contributed by atoms with van der Waals surface area (Å²) in [4.78, 5) is 26.5. The predicted octanol–water partition coefficient (Wildman–Crippen LogP) is 1.88. The van der Waals surface area contributed by atoms with Crippen molar-refractivity contribution >= 4 is 29.6 Å². The van der Waals surface area contributed by atoms with E-state index in [1.807, 2.05) is 0 Å². The Morgan fingerprint density at radius 2 is 1.94 bits per heavy atom. The smallest absolute Gasteiger partial charge is 0.193 e. The molecule has 0 radical (unpaired) electrons. The fourth-order valence-corrected chi connectivity index (χ4v) is 1.95. The third-order valence-corrected chi connectivity index (χ3v) is 2.86. The lowest BCUT2D eigenvalue weighted by atomic mass is 10.4. The maximum atomic E-state index is 10.8. The molecule has 0 aliphatic rings. The van der Waals surface area contributed by atoms with Crippen LogP contribution in [-0.2, 0) is 0 Å². The number of rotatable bonds is 3. The van der Waals surface area contributed by atoms with Gasteiger partial charge in [0.05, 0.1) is 5.56 Å². The third kappa shape index (κ3) is 2.34. The lowest BCUT2D eigenvalue weighted by Crippen LogP contribution is -1.94. The van der Waals surface area contributed by atoms with Crippen LogP contribution >= 0.6 is 23.4 Å². The first kappa shape index (κ1) is 11.0. The first-order valence-corrected chi connectivity index (χ1v) is 5.41. The lowest BCUT2D eigenvalue weighted by molar-refractivity contribution is 0.112. The molecule has 80 valence electrons. The van der Waals surface area contributed by atoms with Crippen LogP contribution in [0.3, 0.4) is 0 Å². The zero-order chi connectivity index (χ0) is 11.4. The molecule has 0 saturated carbocycles. The average Bonchev–Trinajstić information content (AvgIpc) is 2.31. The quantitative estimate of drug-likeness (QED) is 0.472. The molecule has 0 aliphatic heterocycles. The van der Waals surface area contributed by atoms with E-state index in [4.69, 9.17) is 11.6 Å². The molecule has 7 heteroatoms. The van der Waals surface area contributed by atoms with E-state index >= 15 is 0 Å². The van der Waals surface area contributed by atoms with Gasteiger partial charge in [0, 0.05) is 12.4 Å². The second-order valence-electron chi connectivity index (χ2n) is 2.63. The van der Waals surface area contributed by atoms with Crippen LogP contribution in [-0.4, -0.2) is 26.2 Å². The summed E-state index contributed by atoms with van der Waals surface area (Å²) in [6.45, 7) is 0. The van der Waals surface area contributed by atoms with Gasteiger partial charge in [0.25, 0.3) is 0 Å². The van der Waals surface area contributed by atoms with Crippen LogP contribution in [0.15, 0.2) is 35.0 Å². The van der Waals surface area contributed by atoms with E-state index in [0.29, 0.717) is 16.5 Å². The Morgan fingerprint density at radius 3 is 2.62 bits per heavy atom. The zero-order valence-corrected chi connectivity index (χ0v) is 9.44. The summed E-state index contributed by atoms with van der Waals surface area (Å²) in [5.74, 6) is 0. The van der Waals surface area contributed by atoms with Gasteiger partial charge in [-0.25, -0.2) is 19.9 Å². The highest BCUT2D eigenvalue weighted by atomic mass is 35.5. The summed E-state index contributed by atoms with van der Waals surface area (Å²) in [6, 6.07) is 1.71. The molecule has 0 aliphatic carbocycles. The van der Waals surface area contributed by atoms with E-state index in [1.54, 1.807) is 18.5 Å². The van der Waals surface area contributed by atoms with Gasteiger partial charge in [-0.1, -0.05) is 11.6 Å². The normalized spacial score (nSPS) is 10.1. The summed E-state index contributed by atoms with van der Waals surface area (Å²) >= 11 is 6.92. The maximum Gasteiger partial charge on any atom is 0.193 e. The molecule has 2 aromatic rings. The molecular weight excluding hydrogens is 248 g/mol. The van der Waals surface area contributed by atoms with E-state index in [1.165, 1.54) is 6.33 Å². The Kier molecular flexibility index (Phi) is 3.43. The van der Waals surface area contributed by atoms with Crippen LogP contribution in [0.4, 0.5) is 0 Å². The summed E-state index contributed by atoms with van der Waals surface area (Å²) in [5.41, 5.74) is 0.251. The standard InChI is InChI=1S/C9H5ClN4OS/c10-7-6(4-15)8(14-5-13-7)16-9-11-2-1-3-12-9/h1-5H. The molecule has 0 fully saturated rings. The minimum atomic E-state index is 0.128. The topological polar surface area (TPSA) is 68.6 Å². The van der Waals surface area contributed by atoms with Gasteiger partial charge >= 0.3 is 0 Å². The average molecular weight is 253 g/mol. The minimum Gasteiger partial charge on any atom is -0.298 e. The maximum absolute atomic E-state index is 10.8. The Hall–Kier alpha value is -1.53. The van der Waals surface area contributed by atoms with Crippen LogP contribution in [0, 0.1) is 0 Å². The number of hydrogen-bond donors (Lipinski definition) is 0. The second-order valence-corrected chi connectivity index (χ2v) is 3.95. The number of aldehydes is 1. The third-order valence-electron chi connectivity index (χ3n) is 1.65. The minimum absolute atomic E-state index is 0.128. The van der Waals surface area contributed by atoms with Gasteiger partial charge < -0.3 is 0 Å². The Morgan fingerprint density at radius 1 is 1.19 bits per heavy atom. The van der Waals surface area contributed by atoms with Crippen LogP contribution in [0.5, 0.6) is 0 Å². The van der Waals surface area contributed by atoms with E-state index in [0.717, 1.165) is 11.8 Å².